The van der Waals surface area contributed by atoms with Crippen LogP contribution in [0.2, 0.25) is 0 Å². The molecule has 120 valence electrons. The number of amides is 2. The first-order chi connectivity index (χ1) is 11.1. The van der Waals surface area contributed by atoms with Crippen molar-refractivity contribution in [2.75, 3.05) is 18.5 Å². The fourth-order valence-corrected chi connectivity index (χ4v) is 1.99. The van der Waals surface area contributed by atoms with Gasteiger partial charge in [-0.15, -0.1) is 0 Å². The van der Waals surface area contributed by atoms with E-state index in [9.17, 15) is 9.59 Å². The van der Waals surface area contributed by atoms with Crippen LogP contribution in [0.25, 0.3) is 0 Å². The van der Waals surface area contributed by atoms with Crippen LogP contribution in [0.5, 0.6) is 0 Å². The van der Waals surface area contributed by atoms with E-state index in [1.54, 1.807) is 6.07 Å². The standard InChI is InChI=1S/C18H20N2O3/c1-14-6-5-9-16(10-14)20-17(21)11-19-18(22)13-23-12-15-7-3-2-4-8-15/h2-10H,11-13H2,1H3,(H,19,22)(H,20,21). The fourth-order valence-electron chi connectivity index (χ4n) is 1.99. The predicted octanol–water partition coefficient (Wildman–Crippen LogP) is 2.27. The van der Waals surface area contributed by atoms with Gasteiger partial charge in [0.15, 0.2) is 0 Å². The van der Waals surface area contributed by atoms with Crippen molar-refractivity contribution in [1.29, 1.82) is 0 Å². The Hall–Kier alpha value is -2.66. The molecule has 0 aliphatic heterocycles. The highest BCUT2D eigenvalue weighted by atomic mass is 16.5. The highest BCUT2D eigenvalue weighted by Gasteiger charge is 2.06. The van der Waals surface area contributed by atoms with E-state index < -0.39 is 0 Å². The maximum atomic E-state index is 11.8. The van der Waals surface area contributed by atoms with Crippen LogP contribution in [-0.4, -0.2) is 25.0 Å². The molecule has 0 atom stereocenters. The molecule has 2 rings (SSSR count). The molecule has 5 nitrogen and oxygen atoms in total. The largest absolute Gasteiger partial charge is 0.367 e. The van der Waals surface area contributed by atoms with E-state index in [0.29, 0.717) is 12.3 Å². The number of hydrogen-bond acceptors (Lipinski definition) is 3. The molecule has 0 heterocycles. The van der Waals surface area contributed by atoms with E-state index >= 15 is 0 Å². The molecule has 5 heteroatoms. The molecule has 2 aromatic carbocycles. The minimum atomic E-state index is -0.319. The lowest BCUT2D eigenvalue weighted by Gasteiger charge is -2.08. The smallest absolute Gasteiger partial charge is 0.246 e. The van der Waals surface area contributed by atoms with Gasteiger partial charge in [0.05, 0.1) is 13.2 Å². The summed E-state index contributed by atoms with van der Waals surface area (Å²) in [6, 6.07) is 17.1. The number of carbonyl (C=O) groups excluding carboxylic acids is 2. The van der Waals surface area contributed by atoms with Crippen molar-refractivity contribution in [2.45, 2.75) is 13.5 Å². The third-order valence-electron chi connectivity index (χ3n) is 3.09. The number of rotatable bonds is 7. The van der Waals surface area contributed by atoms with E-state index in [0.717, 1.165) is 11.1 Å². The second-order valence-corrected chi connectivity index (χ2v) is 5.17. The summed E-state index contributed by atoms with van der Waals surface area (Å²) in [5.41, 5.74) is 2.77. The van der Waals surface area contributed by atoms with Gasteiger partial charge < -0.3 is 15.4 Å². The van der Waals surface area contributed by atoms with E-state index in [-0.39, 0.29) is 25.0 Å². The number of nitrogens with one attached hydrogen (secondary N) is 2. The van der Waals surface area contributed by atoms with Crippen molar-refractivity contribution in [3.8, 4) is 0 Å². The van der Waals surface area contributed by atoms with Gasteiger partial charge in [0, 0.05) is 5.69 Å². The van der Waals surface area contributed by atoms with Crippen LogP contribution in [0, 0.1) is 6.92 Å². The lowest BCUT2D eigenvalue weighted by Crippen LogP contribution is -2.35. The topological polar surface area (TPSA) is 67.4 Å². The SMILES string of the molecule is Cc1cccc(NC(=O)CNC(=O)COCc2ccccc2)c1. The summed E-state index contributed by atoms with van der Waals surface area (Å²) in [4.78, 5) is 23.4. The molecule has 0 saturated carbocycles. The first kappa shape index (κ1) is 16.7. The van der Waals surface area contributed by atoms with Crippen LogP contribution in [0.1, 0.15) is 11.1 Å². The maximum absolute atomic E-state index is 11.8. The van der Waals surface area contributed by atoms with Gasteiger partial charge in [-0.25, -0.2) is 0 Å². The highest BCUT2D eigenvalue weighted by Crippen LogP contribution is 2.08. The van der Waals surface area contributed by atoms with Crippen molar-refractivity contribution < 1.29 is 14.3 Å². The Labute approximate surface area is 135 Å². The average molecular weight is 312 g/mol. The maximum Gasteiger partial charge on any atom is 0.246 e. The number of hydrogen-bond donors (Lipinski definition) is 2. The molecule has 0 aliphatic rings. The monoisotopic (exact) mass is 312 g/mol. The zero-order valence-electron chi connectivity index (χ0n) is 13.0. The Morgan fingerprint density at radius 3 is 2.52 bits per heavy atom. The predicted molar refractivity (Wildman–Crippen MR) is 88.9 cm³/mol. The highest BCUT2D eigenvalue weighted by molar-refractivity contribution is 5.94. The number of aryl methyl sites for hydroxylation is 1. The summed E-state index contributed by atoms with van der Waals surface area (Å²) < 4.78 is 5.30. The fraction of sp³-hybridized carbons (Fsp3) is 0.222. The molecule has 0 fully saturated rings. The summed E-state index contributed by atoms with van der Waals surface area (Å²) in [6.07, 6.45) is 0. The molecule has 0 bridgehead atoms. The van der Waals surface area contributed by atoms with E-state index in [2.05, 4.69) is 10.6 Å². The van der Waals surface area contributed by atoms with Gasteiger partial charge in [-0.2, -0.15) is 0 Å². The van der Waals surface area contributed by atoms with Crippen LogP contribution in [0.15, 0.2) is 54.6 Å². The van der Waals surface area contributed by atoms with Crippen molar-refractivity contribution in [3.63, 3.8) is 0 Å². The molecular weight excluding hydrogens is 292 g/mol. The molecule has 0 radical (unpaired) electrons. The number of carbonyl (C=O) groups is 2. The van der Waals surface area contributed by atoms with Gasteiger partial charge in [0.1, 0.15) is 6.61 Å². The van der Waals surface area contributed by atoms with Gasteiger partial charge in [0.25, 0.3) is 0 Å². The van der Waals surface area contributed by atoms with Gasteiger partial charge in [0.2, 0.25) is 11.8 Å². The minimum absolute atomic E-state index is 0.0768. The first-order valence-corrected chi connectivity index (χ1v) is 7.38. The van der Waals surface area contributed by atoms with Crippen LogP contribution in [0.4, 0.5) is 5.69 Å². The summed E-state index contributed by atoms with van der Waals surface area (Å²) >= 11 is 0. The van der Waals surface area contributed by atoms with E-state index in [1.165, 1.54) is 0 Å². The normalized spacial score (nSPS) is 10.1. The van der Waals surface area contributed by atoms with E-state index in [1.807, 2.05) is 55.5 Å². The van der Waals surface area contributed by atoms with Gasteiger partial charge in [-0.3, -0.25) is 9.59 Å². The molecule has 2 aromatic rings. The second-order valence-electron chi connectivity index (χ2n) is 5.17. The molecular formula is C18H20N2O3. The molecule has 0 unspecified atom stereocenters. The molecule has 0 spiro atoms. The van der Waals surface area contributed by atoms with E-state index in [4.69, 9.17) is 4.74 Å². The van der Waals surface area contributed by atoms with Gasteiger partial charge >= 0.3 is 0 Å². The third kappa shape index (κ3) is 6.32. The lowest BCUT2D eigenvalue weighted by atomic mass is 10.2. The Morgan fingerprint density at radius 2 is 1.78 bits per heavy atom. The summed E-state index contributed by atoms with van der Waals surface area (Å²) in [6.45, 7) is 2.15. The number of anilines is 1. The Morgan fingerprint density at radius 1 is 1.00 bits per heavy atom. The average Bonchev–Trinajstić information content (AvgIpc) is 2.54. The Kier molecular flexibility index (Phi) is 6.32. The quantitative estimate of drug-likeness (QED) is 0.824. The zero-order valence-corrected chi connectivity index (χ0v) is 13.0. The van der Waals surface area contributed by atoms with Crippen LogP contribution < -0.4 is 10.6 Å². The Balaban J connectivity index is 1.65. The van der Waals surface area contributed by atoms with Crippen molar-refractivity contribution in [3.05, 3.63) is 65.7 Å². The number of ether oxygens (including phenoxy) is 1. The molecule has 23 heavy (non-hydrogen) atoms. The third-order valence-corrected chi connectivity index (χ3v) is 3.09. The van der Waals surface area contributed by atoms with Crippen LogP contribution >= 0.6 is 0 Å². The number of benzene rings is 2. The lowest BCUT2D eigenvalue weighted by molar-refractivity contribution is -0.128. The molecule has 0 saturated heterocycles. The van der Waals surface area contributed by atoms with Gasteiger partial charge in [-0.1, -0.05) is 42.5 Å². The molecule has 2 amide bonds. The molecule has 0 aliphatic carbocycles. The summed E-state index contributed by atoms with van der Waals surface area (Å²) in [5, 5.41) is 5.25. The zero-order chi connectivity index (χ0) is 16.5. The molecule has 2 N–H and O–H groups in total. The van der Waals surface area contributed by atoms with Crippen LogP contribution in [-0.2, 0) is 20.9 Å². The minimum Gasteiger partial charge on any atom is -0.367 e. The summed E-state index contributed by atoms with van der Waals surface area (Å²) in [7, 11) is 0. The van der Waals surface area contributed by atoms with Crippen molar-refractivity contribution in [2.24, 2.45) is 0 Å². The van der Waals surface area contributed by atoms with Crippen LogP contribution in [0.3, 0.4) is 0 Å². The van der Waals surface area contributed by atoms with Crippen molar-refractivity contribution >= 4 is 17.5 Å². The molecule has 0 aromatic heterocycles. The second kappa shape index (κ2) is 8.70. The first-order valence-electron chi connectivity index (χ1n) is 7.38. The Bertz CT molecular complexity index is 656. The summed E-state index contributed by atoms with van der Waals surface area (Å²) in [5.74, 6) is -0.590. The van der Waals surface area contributed by atoms with Crippen molar-refractivity contribution in [1.82, 2.24) is 5.32 Å². The van der Waals surface area contributed by atoms with Gasteiger partial charge in [-0.05, 0) is 30.2 Å².